The van der Waals surface area contributed by atoms with Crippen LogP contribution in [0, 0.1) is 17.8 Å². The molecule has 150 valence electrons. The highest BCUT2D eigenvalue weighted by Gasteiger charge is 2.74. The van der Waals surface area contributed by atoms with Crippen molar-refractivity contribution in [2.75, 3.05) is 5.32 Å². The normalized spacial score (nSPS) is 31.8. The van der Waals surface area contributed by atoms with Crippen molar-refractivity contribution < 1.29 is 19.7 Å². The highest BCUT2D eigenvalue weighted by atomic mass is 35.5. The van der Waals surface area contributed by atoms with Gasteiger partial charge in [0.15, 0.2) is 0 Å². The molecule has 1 spiro atoms. The zero-order valence-electron chi connectivity index (χ0n) is 16.9. The van der Waals surface area contributed by atoms with E-state index < -0.39 is 22.9 Å². The molecular weight excluding hydrogens is 378 g/mol. The van der Waals surface area contributed by atoms with Gasteiger partial charge in [-0.05, 0) is 44.9 Å². The highest BCUT2D eigenvalue weighted by molar-refractivity contribution is 6.31. The number of fused-ring (bicyclic) bond motifs is 4. The Morgan fingerprint density at radius 3 is 2.50 bits per heavy atom. The highest BCUT2D eigenvalue weighted by Crippen LogP contribution is 2.51. The number of nitrogens with one attached hydrogen (secondary N) is 1. The average Bonchev–Trinajstić information content (AvgIpc) is 3.12. The van der Waals surface area contributed by atoms with Crippen LogP contribution in [0.2, 0.25) is 5.02 Å². The third-order valence-electron chi connectivity index (χ3n) is 6.25. The smallest absolute Gasteiger partial charge is 0.291 e. The monoisotopic (exact) mass is 404 g/mol. The number of imide groups is 1. The van der Waals surface area contributed by atoms with Crippen LogP contribution in [-0.2, 0) is 19.9 Å². The minimum atomic E-state index is -1.14. The van der Waals surface area contributed by atoms with Gasteiger partial charge in [-0.15, -0.1) is 0 Å². The van der Waals surface area contributed by atoms with Gasteiger partial charge in [0.1, 0.15) is 17.9 Å². The van der Waals surface area contributed by atoms with Crippen molar-refractivity contribution in [1.82, 2.24) is 4.90 Å². The Bertz CT molecular complexity index is 891. The molecule has 0 aliphatic carbocycles. The Morgan fingerprint density at radius 2 is 1.89 bits per heavy atom. The van der Waals surface area contributed by atoms with E-state index in [1.807, 2.05) is 26.1 Å². The molecule has 3 amide bonds. The predicted octanol–water partition coefficient (Wildman–Crippen LogP) is 1.88. The van der Waals surface area contributed by atoms with E-state index in [0.29, 0.717) is 22.2 Å². The summed E-state index contributed by atoms with van der Waals surface area (Å²) < 4.78 is 0. The van der Waals surface area contributed by atoms with Gasteiger partial charge in [-0.25, -0.2) is 0 Å². The summed E-state index contributed by atoms with van der Waals surface area (Å²) >= 11 is 6.25. The second-order valence-corrected chi connectivity index (χ2v) is 10.1. The van der Waals surface area contributed by atoms with Gasteiger partial charge in [-0.3, -0.25) is 19.3 Å². The number of amides is 3. The van der Waals surface area contributed by atoms with Gasteiger partial charge >= 0.3 is 0 Å². The summed E-state index contributed by atoms with van der Waals surface area (Å²) in [6, 6.07) is 5.12. The Morgan fingerprint density at radius 1 is 1.21 bits per heavy atom. The number of halogens is 1. The van der Waals surface area contributed by atoms with Gasteiger partial charge in [-0.1, -0.05) is 25.4 Å². The molecule has 3 aliphatic rings. The number of nitrogens with two attached hydrogens (primary N) is 1. The summed E-state index contributed by atoms with van der Waals surface area (Å²) in [6.45, 7) is 9.76. The van der Waals surface area contributed by atoms with Crippen molar-refractivity contribution in [3.8, 4) is 0 Å². The lowest BCUT2D eigenvalue weighted by Crippen LogP contribution is -2.99. The number of hydrogen-bond donors (Lipinski definition) is 2. The standard InChI is InChI=1S/C21H26ClN3O3/c1-10(2)8-14-15-16(18(27)25(17(15)26)20(3,4)5)21(24-14)12-9-11(22)6-7-13(12)23-19(21)28/h6-7,9-10,14-16,24H,8H2,1-5H3,(H,23,28)/p+1/t14-,15+,16-,21-/m0/s1. The van der Waals surface area contributed by atoms with Crippen molar-refractivity contribution in [2.45, 2.75) is 58.2 Å². The van der Waals surface area contributed by atoms with Crippen molar-refractivity contribution in [3.05, 3.63) is 28.8 Å². The van der Waals surface area contributed by atoms with Crippen LogP contribution in [-0.4, -0.2) is 34.2 Å². The van der Waals surface area contributed by atoms with E-state index in [-0.39, 0.29) is 23.8 Å². The van der Waals surface area contributed by atoms with Crippen LogP contribution in [0.5, 0.6) is 0 Å². The minimum absolute atomic E-state index is 0.135. The van der Waals surface area contributed by atoms with Gasteiger partial charge in [0.05, 0.1) is 5.69 Å². The first kappa shape index (κ1) is 19.4. The van der Waals surface area contributed by atoms with Gasteiger partial charge in [-0.2, -0.15) is 0 Å². The van der Waals surface area contributed by atoms with Crippen molar-refractivity contribution >= 4 is 35.0 Å². The second-order valence-electron chi connectivity index (χ2n) is 9.66. The SMILES string of the molecule is CC(C)C[C@@H]1[NH2+][C@]2(C(=O)Nc3ccc(Cl)cc32)[C@@H]2C(=O)N(C(C)(C)C)C(=O)[C@H]12. The fourth-order valence-corrected chi connectivity index (χ4v) is 5.53. The molecule has 0 bridgehead atoms. The van der Waals surface area contributed by atoms with Crippen LogP contribution in [0.25, 0.3) is 0 Å². The van der Waals surface area contributed by atoms with Crippen LogP contribution in [0.1, 0.15) is 46.6 Å². The third-order valence-corrected chi connectivity index (χ3v) is 6.48. The van der Waals surface area contributed by atoms with E-state index in [0.717, 1.165) is 6.42 Å². The number of likely N-dealkylation sites (tertiary alicyclic amines) is 1. The lowest BCUT2D eigenvalue weighted by molar-refractivity contribution is -0.734. The molecule has 6 nitrogen and oxygen atoms in total. The largest absolute Gasteiger partial charge is 0.326 e. The number of carbonyl (C=O) groups is 3. The molecule has 2 fully saturated rings. The first-order chi connectivity index (χ1) is 13.0. The number of quaternary nitrogens is 1. The molecule has 0 saturated carbocycles. The fourth-order valence-electron chi connectivity index (χ4n) is 5.36. The molecule has 3 N–H and O–H groups in total. The van der Waals surface area contributed by atoms with Gasteiger partial charge in [0.25, 0.3) is 5.91 Å². The van der Waals surface area contributed by atoms with Crippen LogP contribution < -0.4 is 10.6 Å². The van der Waals surface area contributed by atoms with Crippen molar-refractivity contribution in [2.24, 2.45) is 17.8 Å². The van der Waals surface area contributed by atoms with E-state index in [4.69, 9.17) is 11.6 Å². The Balaban J connectivity index is 1.91. The Labute approximate surface area is 170 Å². The minimum Gasteiger partial charge on any atom is -0.326 e. The summed E-state index contributed by atoms with van der Waals surface area (Å²) in [5.74, 6) is -1.54. The maximum absolute atomic E-state index is 13.5. The van der Waals surface area contributed by atoms with E-state index in [1.54, 1.807) is 18.2 Å². The lowest BCUT2D eigenvalue weighted by atomic mass is 9.76. The van der Waals surface area contributed by atoms with Gasteiger partial charge in [0, 0.05) is 22.5 Å². The van der Waals surface area contributed by atoms with Crippen LogP contribution in [0.15, 0.2) is 18.2 Å². The van der Waals surface area contributed by atoms with Crippen LogP contribution >= 0.6 is 11.6 Å². The van der Waals surface area contributed by atoms with E-state index >= 15 is 0 Å². The van der Waals surface area contributed by atoms with Crippen molar-refractivity contribution in [3.63, 3.8) is 0 Å². The summed E-state index contributed by atoms with van der Waals surface area (Å²) in [6.07, 6.45) is 0.753. The fraction of sp³-hybridized carbons (Fsp3) is 0.571. The molecule has 0 radical (unpaired) electrons. The van der Waals surface area contributed by atoms with Crippen LogP contribution in [0.3, 0.4) is 0 Å². The number of nitrogens with zero attached hydrogens (tertiary/aromatic N) is 1. The molecular formula is C21H27ClN3O3+. The van der Waals surface area contributed by atoms with Gasteiger partial charge < -0.3 is 10.6 Å². The molecule has 0 unspecified atom stereocenters. The Hall–Kier alpha value is -1.92. The Kier molecular flexibility index (Phi) is 4.18. The number of carbonyl (C=O) groups excluding carboxylic acids is 3. The first-order valence-electron chi connectivity index (χ1n) is 9.84. The number of rotatable bonds is 2. The number of hydrogen-bond acceptors (Lipinski definition) is 3. The molecule has 4 rings (SSSR count). The molecule has 7 heteroatoms. The maximum atomic E-state index is 13.5. The zero-order valence-corrected chi connectivity index (χ0v) is 17.6. The molecule has 4 atom stereocenters. The van der Waals surface area contributed by atoms with Crippen molar-refractivity contribution in [1.29, 1.82) is 0 Å². The molecule has 28 heavy (non-hydrogen) atoms. The molecule has 1 aromatic rings. The van der Waals surface area contributed by atoms with E-state index in [2.05, 4.69) is 19.2 Å². The molecule has 2 saturated heterocycles. The quantitative estimate of drug-likeness (QED) is 0.738. The van der Waals surface area contributed by atoms with Crippen LogP contribution in [0.4, 0.5) is 5.69 Å². The van der Waals surface area contributed by atoms with E-state index in [9.17, 15) is 14.4 Å². The molecule has 3 aliphatic heterocycles. The van der Waals surface area contributed by atoms with Gasteiger partial charge in [0.2, 0.25) is 17.4 Å². The molecule has 3 heterocycles. The topological polar surface area (TPSA) is 83.1 Å². The van der Waals surface area contributed by atoms with E-state index in [1.165, 1.54) is 4.90 Å². The summed E-state index contributed by atoms with van der Waals surface area (Å²) in [5, 5.41) is 5.40. The molecule has 0 aromatic heterocycles. The average molecular weight is 405 g/mol. The maximum Gasteiger partial charge on any atom is 0.291 e. The molecule has 1 aromatic carbocycles. The zero-order chi connectivity index (χ0) is 20.6. The third kappa shape index (κ3) is 2.47. The summed E-state index contributed by atoms with van der Waals surface area (Å²) in [7, 11) is 0. The summed E-state index contributed by atoms with van der Waals surface area (Å²) in [5.41, 5.74) is -0.391. The lowest BCUT2D eigenvalue weighted by Gasteiger charge is -2.33. The number of benzene rings is 1. The number of anilines is 1. The predicted molar refractivity (Wildman–Crippen MR) is 106 cm³/mol. The summed E-state index contributed by atoms with van der Waals surface area (Å²) in [4.78, 5) is 41.6. The first-order valence-corrected chi connectivity index (χ1v) is 10.2. The second kappa shape index (κ2) is 6.04.